The molecule has 2 aliphatic rings. The molecule has 2 aliphatic heterocycles. The molecule has 25 heavy (non-hydrogen) atoms. The Kier molecular flexibility index (Phi) is 6.83. The van der Waals surface area contributed by atoms with Gasteiger partial charge < -0.3 is 15.8 Å². The van der Waals surface area contributed by atoms with Crippen LogP contribution in [0.3, 0.4) is 0 Å². The van der Waals surface area contributed by atoms with E-state index in [0.717, 1.165) is 19.4 Å². The molecule has 1 aromatic carbocycles. The Hall–Kier alpha value is -1.17. The lowest BCUT2D eigenvalue weighted by Crippen LogP contribution is -2.54. The Bertz CT molecular complexity index is 627. The summed E-state index contributed by atoms with van der Waals surface area (Å²) in [5, 5.41) is 3.53. The van der Waals surface area contributed by atoms with Gasteiger partial charge in [0.25, 0.3) is 5.91 Å². The highest BCUT2D eigenvalue weighted by Crippen LogP contribution is 2.31. The molecule has 2 fully saturated rings. The van der Waals surface area contributed by atoms with Crippen LogP contribution in [0.25, 0.3) is 0 Å². The van der Waals surface area contributed by atoms with Gasteiger partial charge in [0.05, 0.1) is 23.4 Å². The SMILES string of the molecule is COc1cc(N)c(Cl)cc1C(=O)N[C@@H]1CCN2[C@@H](CCC[C@@H]2C)C1.Cl. The maximum Gasteiger partial charge on any atom is 0.255 e. The van der Waals surface area contributed by atoms with Crippen LogP contribution in [0.4, 0.5) is 5.69 Å². The number of carbonyl (C=O) groups is 1. The summed E-state index contributed by atoms with van der Waals surface area (Å²) in [6, 6.07) is 4.64. The van der Waals surface area contributed by atoms with Crippen LogP contribution in [-0.4, -0.2) is 42.6 Å². The Morgan fingerprint density at radius 3 is 2.84 bits per heavy atom. The summed E-state index contributed by atoms with van der Waals surface area (Å²) < 4.78 is 5.28. The van der Waals surface area contributed by atoms with Gasteiger partial charge in [0.2, 0.25) is 0 Å². The zero-order chi connectivity index (χ0) is 17.3. The third-order valence-electron chi connectivity index (χ3n) is 5.39. The van der Waals surface area contributed by atoms with Gasteiger partial charge in [-0.2, -0.15) is 0 Å². The fourth-order valence-corrected chi connectivity index (χ4v) is 4.22. The number of nitrogen functional groups attached to an aromatic ring is 1. The van der Waals surface area contributed by atoms with Gasteiger partial charge in [-0.3, -0.25) is 9.69 Å². The molecule has 0 aliphatic carbocycles. The first-order chi connectivity index (χ1) is 11.5. The van der Waals surface area contributed by atoms with Gasteiger partial charge in [0.1, 0.15) is 5.75 Å². The lowest BCUT2D eigenvalue weighted by Gasteiger charge is -2.46. The molecular weight excluding hydrogens is 361 g/mol. The summed E-state index contributed by atoms with van der Waals surface area (Å²) >= 11 is 6.07. The number of nitrogens with two attached hydrogens (primary N) is 1. The van der Waals surface area contributed by atoms with Crippen molar-refractivity contribution >= 4 is 35.6 Å². The highest BCUT2D eigenvalue weighted by atomic mass is 35.5. The van der Waals surface area contributed by atoms with Crippen LogP contribution in [-0.2, 0) is 0 Å². The molecule has 0 aromatic heterocycles. The van der Waals surface area contributed by atoms with E-state index in [1.807, 2.05) is 0 Å². The minimum atomic E-state index is -0.143. The van der Waals surface area contributed by atoms with E-state index in [2.05, 4.69) is 17.1 Å². The van der Waals surface area contributed by atoms with E-state index in [0.29, 0.717) is 34.1 Å². The van der Waals surface area contributed by atoms with E-state index in [1.165, 1.54) is 26.4 Å². The smallest absolute Gasteiger partial charge is 0.255 e. The van der Waals surface area contributed by atoms with Crippen molar-refractivity contribution in [3.8, 4) is 5.75 Å². The topological polar surface area (TPSA) is 67.6 Å². The second kappa shape index (κ2) is 8.47. The van der Waals surface area contributed by atoms with Crippen molar-refractivity contribution in [3.05, 3.63) is 22.7 Å². The molecular formula is C18H27Cl2N3O2. The second-order valence-corrected chi connectivity index (χ2v) is 7.35. The molecule has 3 rings (SSSR count). The molecule has 0 bridgehead atoms. The van der Waals surface area contributed by atoms with Gasteiger partial charge in [-0.1, -0.05) is 18.0 Å². The molecule has 3 atom stereocenters. The average Bonchev–Trinajstić information content (AvgIpc) is 2.57. The number of anilines is 1. The Balaban J connectivity index is 0.00000225. The number of hydrogen-bond donors (Lipinski definition) is 2. The van der Waals surface area contributed by atoms with Crippen molar-refractivity contribution in [1.29, 1.82) is 0 Å². The monoisotopic (exact) mass is 387 g/mol. The van der Waals surface area contributed by atoms with Gasteiger partial charge in [0, 0.05) is 30.7 Å². The minimum absolute atomic E-state index is 0. The van der Waals surface area contributed by atoms with Crippen LogP contribution < -0.4 is 15.8 Å². The lowest BCUT2D eigenvalue weighted by atomic mass is 9.87. The number of carbonyl (C=O) groups excluding carboxylic acids is 1. The van der Waals surface area contributed by atoms with E-state index in [1.54, 1.807) is 12.1 Å². The predicted octanol–water partition coefficient (Wildman–Crippen LogP) is 3.49. The van der Waals surface area contributed by atoms with E-state index in [4.69, 9.17) is 22.1 Å². The lowest BCUT2D eigenvalue weighted by molar-refractivity contribution is 0.0457. The average molecular weight is 388 g/mol. The Morgan fingerprint density at radius 1 is 1.36 bits per heavy atom. The molecule has 1 aromatic rings. The van der Waals surface area contributed by atoms with Crippen molar-refractivity contribution in [2.45, 2.75) is 57.2 Å². The van der Waals surface area contributed by atoms with Crippen LogP contribution in [0.1, 0.15) is 49.4 Å². The maximum atomic E-state index is 12.7. The van der Waals surface area contributed by atoms with Crippen molar-refractivity contribution in [3.63, 3.8) is 0 Å². The maximum absolute atomic E-state index is 12.7. The van der Waals surface area contributed by atoms with Gasteiger partial charge in [-0.25, -0.2) is 0 Å². The number of ether oxygens (including phenoxy) is 1. The van der Waals surface area contributed by atoms with Gasteiger partial charge in [-0.05, 0) is 38.7 Å². The molecule has 0 unspecified atom stereocenters. The van der Waals surface area contributed by atoms with Crippen LogP contribution in [0.5, 0.6) is 5.75 Å². The summed E-state index contributed by atoms with van der Waals surface area (Å²) in [7, 11) is 1.53. The van der Waals surface area contributed by atoms with E-state index < -0.39 is 0 Å². The number of piperidine rings is 2. The van der Waals surface area contributed by atoms with Crippen LogP contribution in [0.15, 0.2) is 12.1 Å². The van der Waals surface area contributed by atoms with Crippen molar-refractivity contribution in [2.75, 3.05) is 19.4 Å². The van der Waals surface area contributed by atoms with Crippen molar-refractivity contribution in [2.24, 2.45) is 0 Å². The number of benzene rings is 1. The summed E-state index contributed by atoms with van der Waals surface area (Å²) in [5.41, 5.74) is 6.64. The van der Waals surface area contributed by atoms with Crippen molar-refractivity contribution in [1.82, 2.24) is 10.2 Å². The van der Waals surface area contributed by atoms with Gasteiger partial charge in [-0.15, -0.1) is 12.4 Å². The summed E-state index contributed by atoms with van der Waals surface area (Å²) in [6.45, 7) is 3.36. The number of methoxy groups -OCH3 is 1. The van der Waals surface area contributed by atoms with Gasteiger partial charge in [0.15, 0.2) is 0 Å². The summed E-state index contributed by atoms with van der Waals surface area (Å²) in [6.07, 6.45) is 5.80. The van der Waals surface area contributed by atoms with Crippen molar-refractivity contribution < 1.29 is 9.53 Å². The number of hydrogen-bond acceptors (Lipinski definition) is 4. The molecule has 0 radical (unpaired) electrons. The third kappa shape index (κ3) is 4.33. The first-order valence-corrected chi connectivity index (χ1v) is 9.07. The Labute approximate surface area is 160 Å². The van der Waals surface area contributed by atoms with Crippen LogP contribution in [0, 0.1) is 0 Å². The second-order valence-electron chi connectivity index (χ2n) is 6.94. The first-order valence-electron chi connectivity index (χ1n) is 8.69. The summed E-state index contributed by atoms with van der Waals surface area (Å²) in [5.74, 6) is 0.314. The fraction of sp³-hybridized carbons (Fsp3) is 0.611. The van der Waals surface area contributed by atoms with E-state index >= 15 is 0 Å². The fourth-order valence-electron chi connectivity index (χ4n) is 4.06. The highest BCUT2D eigenvalue weighted by molar-refractivity contribution is 6.33. The Morgan fingerprint density at radius 2 is 2.12 bits per heavy atom. The highest BCUT2D eigenvalue weighted by Gasteiger charge is 2.34. The van der Waals surface area contributed by atoms with E-state index in [9.17, 15) is 4.79 Å². The molecule has 140 valence electrons. The molecule has 2 heterocycles. The van der Waals surface area contributed by atoms with E-state index in [-0.39, 0.29) is 24.4 Å². The molecule has 5 nitrogen and oxygen atoms in total. The number of nitrogens with one attached hydrogen (secondary N) is 1. The largest absolute Gasteiger partial charge is 0.496 e. The van der Waals surface area contributed by atoms with Crippen LogP contribution in [0.2, 0.25) is 5.02 Å². The molecule has 2 saturated heterocycles. The standard InChI is InChI=1S/C18H26ClN3O2.ClH/c1-11-4-3-5-13-8-12(6-7-22(11)13)21-18(23)14-9-15(19)16(20)10-17(14)24-2;/h9-13H,3-8,20H2,1-2H3,(H,21,23);1H/t11-,12+,13-;/m0./s1. The molecule has 0 spiro atoms. The first kappa shape index (κ1) is 20.1. The minimum Gasteiger partial charge on any atom is -0.496 e. The molecule has 7 heteroatoms. The zero-order valence-corrected chi connectivity index (χ0v) is 16.3. The third-order valence-corrected chi connectivity index (χ3v) is 5.71. The van der Waals surface area contributed by atoms with Gasteiger partial charge >= 0.3 is 0 Å². The molecule has 3 N–H and O–H groups in total. The number of halogens is 2. The predicted molar refractivity (Wildman–Crippen MR) is 104 cm³/mol. The zero-order valence-electron chi connectivity index (χ0n) is 14.8. The number of amides is 1. The molecule has 1 amide bonds. The number of fused-ring (bicyclic) bond motifs is 1. The van der Waals surface area contributed by atoms with Crippen LogP contribution >= 0.6 is 24.0 Å². The molecule has 0 saturated carbocycles. The summed E-state index contributed by atoms with van der Waals surface area (Å²) in [4.78, 5) is 15.3. The number of nitrogens with zero attached hydrogens (tertiary/aromatic N) is 1. The number of rotatable bonds is 3. The normalized spacial score (nSPS) is 26.3. The quantitative estimate of drug-likeness (QED) is 0.778.